The number of benzene rings is 1. The topological polar surface area (TPSA) is 26.3 Å². The third-order valence-corrected chi connectivity index (χ3v) is 1.71. The van der Waals surface area contributed by atoms with Crippen LogP contribution in [0.4, 0.5) is 0 Å². The standard InChI is InChI=1S/C12H14O2/c1-2-6-12(13)14-10-9-11-7-4-3-5-8-11/h3-5,7-10H,2,6H2,1H3/b10-9+. The number of carbonyl (C=O) groups excluding carboxylic acids is 1. The zero-order valence-electron chi connectivity index (χ0n) is 8.27. The van der Waals surface area contributed by atoms with Crippen molar-refractivity contribution in [1.82, 2.24) is 0 Å². The number of esters is 1. The molecule has 0 bridgehead atoms. The summed E-state index contributed by atoms with van der Waals surface area (Å²) in [5.41, 5.74) is 1.02. The van der Waals surface area contributed by atoms with E-state index in [0.717, 1.165) is 12.0 Å². The van der Waals surface area contributed by atoms with E-state index in [9.17, 15) is 4.79 Å². The van der Waals surface area contributed by atoms with Crippen molar-refractivity contribution in [3.63, 3.8) is 0 Å². The molecule has 0 aliphatic rings. The third kappa shape index (κ3) is 3.90. The fourth-order valence-corrected chi connectivity index (χ4v) is 1.02. The quantitative estimate of drug-likeness (QED) is 0.539. The van der Waals surface area contributed by atoms with Gasteiger partial charge in [-0.25, -0.2) is 0 Å². The average molecular weight is 190 g/mol. The van der Waals surface area contributed by atoms with Crippen molar-refractivity contribution in [1.29, 1.82) is 0 Å². The molecule has 0 N–H and O–H groups in total. The van der Waals surface area contributed by atoms with E-state index in [4.69, 9.17) is 4.74 Å². The third-order valence-electron chi connectivity index (χ3n) is 1.71. The van der Waals surface area contributed by atoms with E-state index >= 15 is 0 Å². The molecule has 0 aromatic heterocycles. The van der Waals surface area contributed by atoms with Crippen molar-refractivity contribution in [2.45, 2.75) is 19.8 Å². The van der Waals surface area contributed by atoms with Gasteiger partial charge in [0, 0.05) is 6.42 Å². The summed E-state index contributed by atoms with van der Waals surface area (Å²) in [4.78, 5) is 11.0. The summed E-state index contributed by atoms with van der Waals surface area (Å²) in [6.07, 6.45) is 4.50. The van der Waals surface area contributed by atoms with Crippen LogP contribution < -0.4 is 0 Å². The summed E-state index contributed by atoms with van der Waals surface area (Å²) in [6.45, 7) is 1.95. The first-order chi connectivity index (χ1) is 6.83. The lowest BCUT2D eigenvalue weighted by atomic mass is 10.2. The molecule has 0 saturated carbocycles. The van der Waals surface area contributed by atoms with Gasteiger partial charge >= 0.3 is 5.97 Å². The van der Waals surface area contributed by atoms with Gasteiger partial charge in [0.05, 0.1) is 6.26 Å². The van der Waals surface area contributed by atoms with Crippen LogP contribution in [0.1, 0.15) is 25.3 Å². The van der Waals surface area contributed by atoms with Crippen molar-refractivity contribution < 1.29 is 9.53 Å². The van der Waals surface area contributed by atoms with Crippen LogP contribution in [-0.2, 0) is 9.53 Å². The highest BCUT2D eigenvalue weighted by molar-refractivity contribution is 5.70. The van der Waals surface area contributed by atoms with Gasteiger partial charge in [-0.15, -0.1) is 0 Å². The SMILES string of the molecule is CCCC(=O)O/C=C/c1ccccc1. The van der Waals surface area contributed by atoms with Crippen LogP contribution in [0.15, 0.2) is 36.6 Å². The fraction of sp³-hybridized carbons (Fsp3) is 0.250. The van der Waals surface area contributed by atoms with Crippen molar-refractivity contribution in [3.8, 4) is 0 Å². The van der Waals surface area contributed by atoms with Crippen molar-refractivity contribution in [3.05, 3.63) is 42.2 Å². The predicted octanol–water partition coefficient (Wildman–Crippen LogP) is 3.00. The monoisotopic (exact) mass is 190 g/mol. The largest absolute Gasteiger partial charge is 0.434 e. The summed E-state index contributed by atoms with van der Waals surface area (Å²) < 4.78 is 4.87. The molecule has 74 valence electrons. The van der Waals surface area contributed by atoms with E-state index in [-0.39, 0.29) is 5.97 Å². The number of hydrogen-bond donors (Lipinski definition) is 0. The smallest absolute Gasteiger partial charge is 0.310 e. The van der Waals surface area contributed by atoms with Crippen LogP contribution in [0, 0.1) is 0 Å². The maximum atomic E-state index is 11.0. The first-order valence-corrected chi connectivity index (χ1v) is 4.74. The van der Waals surface area contributed by atoms with Gasteiger partial charge in [-0.3, -0.25) is 4.79 Å². The molecule has 0 heterocycles. The number of hydrogen-bond acceptors (Lipinski definition) is 2. The Bertz CT molecular complexity index is 301. The van der Waals surface area contributed by atoms with Crippen LogP contribution in [-0.4, -0.2) is 5.97 Å². The van der Waals surface area contributed by atoms with Gasteiger partial charge in [0.25, 0.3) is 0 Å². The van der Waals surface area contributed by atoms with Gasteiger partial charge in [-0.2, -0.15) is 0 Å². The zero-order chi connectivity index (χ0) is 10.2. The summed E-state index contributed by atoms with van der Waals surface area (Å²) >= 11 is 0. The number of rotatable bonds is 4. The number of carbonyl (C=O) groups is 1. The van der Waals surface area contributed by atoms with Crippen LogP contribution in [0.5, 0.6) is 0 Å². The lowest BCUT2D eigenvalue weighted by molar-refractivity contribution is -0.137. The molecule has 0 unspecified atom stereocenters. The molecule has 1 rings (SSSR count). The van der Waals surface area contributed by atoms with Crippen molar-refractivity contribution in [2.75, 3.05) is 0 Å². The Labute approximate surface area is 84.2 Å². The molecule has 0 atom stereocenters. The first kappa shape index (κ1) is 10.5. The Morgan fingerprint density at radius 1 is 1.36 bits per heavy atom. The molecular weight excluding hydrogens is 176 g/mol. The Hall–Kier alpha value is -1.57. The van der Waals surface area contributed by atoms with Crippen LogP contribution in [0.2, 0.25) is 0 Å². The molecule has 2 heteroatoms. The van der Waals surface area contributed by atoms with Crippen molar-refractivity contribution >= 4 is 12.0 Å². The number of ether oxygens (including phenoxy) is 1. The van der Waals surface area contributed by atoms with Crippen LogP contribution in [0.25, 0.3) is 6.08 Å². The lowest BCUT2D eigenvalue weighted by Gasteiger charge is -1.95. The summed E-state index contributed by atoms with van der Waals surface area (Å²) in [6, 6.07) is 9.72. The summed E-state index contributed by atoms with van der Waals surface area (Å²) in [5, 5.41) is 0. The Kier molecular flexibility index (Phi) is 4.48. The molecule has 0 saturated heterocycles. The predicted molar refractivity (Wildman–Crippen MR) is 56.5 cm³/mol. The molecule has 0 radical (unpaired) electrons. The second-order valence-corrected chi connectivity index (χ2v) is 2.95. The highest BCUT2D eigenvalue weighted by Gasteiger charge is 1.96. The zero-order valence-corrected chi connectivity index (χ0v) is 8.27. The Balaban J connectivity index is 2.38. The van der Waals surface area contributed by atoms with E-state index in [1.165, 1.54) is 6.26 Å². The maximum Gasteiger partial charge on any atom is 0.310 e. The molecule has 0 aliphatic carbocycles. The molecule has 0 aliphatic heterocycles. The fourth-order valence-electron chi connectivity index (χ4n) is 1.02. The molecule has 1 aromatic rings. The molecular formula is C12H14O2. The van der Waals surface area contributed by atoms with Crippen LogP contribution in [0.3, 0.4) is 0 Å². The molecule has 0 spiro atoms. The minimum atomic E-state index is -0.181. The van der Waals surface area contributed by atoms with Gasteiger partial charge in [0.15, 0.2) is 0 Å². The minimum absolute atomic E-state index is 0.181. The second kappa shape index (κ2) is 5.97. The maximum absolute atomic E-state index is 11.0. The van der Waals surface area contributed by atoms with Crippen molar-refractivity contribution in [2.24, 2.45) is 0 Å². The molecule has 0 amide bonds. The molecule has 14 heavy (non-hydrogen) atoms. The highest BCUT2D eigenvalue weighted by atomic mass is 16.5. The lowest BCUT2D eigenvalue weighted by Crippen LogP contribution is -1.97. The Morgan fingerprint density at radius 2 is 2.07 bits per heavy atom. The second-order valence-electron chi connectivity index (χ2n) is 2.95. The van der Waals surface area contributed by atoms with E-state index in [2.05, 4.69) is 0 Å². The summed E-state index contributed by atoms with van der Waals surface area (Å²) in [5.74, 6) is -0.181. The summed E-state index contributed by atoms with van der Waals surface area (Å²) in [7, 11) is 0. The minimum Gasteiger partial charge on any atom is -0.434 e. The van der Waals surface area contributed by atoms with E-state index in [1.807, 2.05) is 37.3 Å². The van der Waals surface area contributed by atoms with Gasteiger partial charge < -0.3 is 4.74 Å². The molecule has 1 aromatic carbocycles. The van der Waals surface area contributed by atoms with Crippen LogP contribution >= 0.6 is 0 Å². The van der Waals surface area contributed by atoms with E-state index in [0.29, 0.717) is 6.42 Å². The van der Waals surface area contributed by atoms with Gasteiger partial charge in [-0.05, 0) is 18.1 Å². The Morgan fingerprint density at radius 3 is 2.71 bits per heavy atom. The van der Waals surface area contributed by atoms with Gasteiger partial charge in [0.2, 0.25) is 0 Å². The molecule has 0 fully saturated rings. The van der Waals surface area contributed by atoms with Gasteiger partial charge in [0.1, 0.15) is 0 Å². The van der Waals surface area contributed by atoms with E-state index in [1.54, 1.807) is 6.08 Å². The highest BCUT2D eigenvalue weighted by Crippen LogP contribution is 2.01. The average Bonchev–Trinajstić information content (AvgIpc) is 2.20. The molecule has 2 nitrogen and oxygen atoms in total. The first-order valence-electron chi connectivity index (χ1n) is 4.74. The van der Waals surface area contributed by atoms with Gasteiger partial charge in [-0.1, -0.05) is 37.3 Å². The normalized spacial score (nSPS) is 10.4. The van der Waals surface area contributed by atoms with E-state index < -0.39 is 0 Å².